The Labute approximate surface area is 281 Å². The molecule has 0 saturated heterocycles. The first-order valence-electron chi connectivity index (χ1n) is 18.7. The summed E-state index contributed by atoms with van der Waals surface area (Å²) in [5, 5.41) is 18.2. The van der Waals surface area contributed by atoms with Gasteiger partial charge >= 0.3 is 13.8 Å². The third kappa shape index (κ3) is 33.1. The molecule has 3 atom stereocenters. The molecule has 9 nitrogen and oxygen atoms in total. The number of aliphatic hydroxyl groups excluding tert-OH is 2. The zero-order chi connectivity index (χ0) is 34.0. The molecule has 0 aromatic heterocycles. The second-order valence-electron chi connectivity index (χ2n) is 12.6. The number of phosphoric ester groups is 1. The number of carbonyl (C=O) groups excluding carboxylic acids is 1. The lowest BCUT2D eigenvalue weighted by molar-refractivity contribution is -0.154. The second kappa shape index (κ2) is 34.1. The highest BCUT2D eigenvalue weighted by Gasteiger charge is 2.26. The van der Waals surface area contributed by atoms with Gasteiger partial charge in [0.15, 0.2) is 0 Å². The number of ether oxygens (including phenoxy) is 2. The predicted octanol–water partition coefficient (Wildman–Crippen LogP) is 9.36. The van der Waals surface area contributed by atoms with Crippen LogP contribution in [-0.4, -0.2) is 66.3 Å². The first kappa shape index (κ1) is 45.2. The van der Waals surface area contributed by atoms with E-state index in [0.29, 0.717) is 6.61 Å². The van der Waals surface area contributed by atoms with Crippen molar-refractivity contribution in [3.05, 3.63) is 12.2 Å². The Morgan fingerprint density at radius 1 is 0.652 bits per heavy atom. The minimum Gasteiger partial charge on any atom is -0.457 e. The number of allylic oxidation sites excluding steroid dienone is 2. The summed E-state index contributed by atoms with van der Waals surface area (Å²) in [6.45, 7) is 3.46. The van der Waals surface area contributed by atoms with Gasteiger partial charge in [-0.15, -0.1) is 0 Å². The maximum absolute atomic E-state index is 12.4. The van der Waals surface area contributed by atoms with Crippen molar-refractivity contribution in [3.8, 4) is 0 Å². The average Bonchev–Trinajstić information content (AvgIpc) is 3.04. The van der Waals surface area contributed by atoms with Crippen LogP contribution < -0.4 is 0 Å². The number of rotatable bonds is 36. The van der Waals surface area contributed by atoms with Gasteiger partial charge in [0.05, 0.1) is 26.4 Å². The lowest BCUT2D eigenvalue weighted by atomic mass is 10.1. The Bertz CT molecular complexity index is 734. The molecule has 274 valence electrons. The summed E-state index contributed by atoms with van der Waals surface area (Å²) in [4.78, 5) is 22.3. The second-order valence-corrected chi connectivity index (χ2v) is 14.1. The Balaban J connectivity index is 4.09. The van der Waals surface area contributed by atoms with Crippen LogP contribution in [0.3, 0.4) is 0 Å². The Hall–Kier alpha value is -0.800. The molecule has 0 aromatic carbocycles. The fourth-order valence-corrected chi connectivity index (χ4v) is 5.84. The standard InChI is InChI=1S/C36H71O9P/c1-3-5-7-9-11-12-13-14-15-16-17-18-19-20-21-23-25-27-29-42-32-35(33-44-46(40,41)43-31-34(38)30-37)45-36(39)28-26-24-22-10-8-6-4-2/h14-15,34-35,37-38H,3-13,16-33H2,1-2H3,(H,40,41)/b15-14-. The summed E-state index contributed by atoms with van der Waals surface area (Å²) >= 11 is 0. The van der Waals surface area contributed by atoms with Gasteiger partial charge in [-0.25, -0.2) is 4.57 Å². The molecular weight excluding hydrogens is 607 g/mol. The van der Waals surface area contributed by atoms with Gasteiger partial charge in [0, 0.05) is 13.0 Å². The number of aliphatic hydroxyl groups is 2. The molecular formula is C36H71O9P. The topological polar surface area (TPSA) is 132 Å². The summed E-state index contributed by atoms with van der Waals surface area (Å²) < 4.78 is 33.1. The Morgan fingerprint density at radius 3 is 1.63 bits per heavy atom. The molecule has 0 radical (unpaired) electrons. The third-order valence-corrected chi connectivity index (χ3v) is 8.90. The SMILES string of the molecule is CCCCCCCC/C=C\CCCCCCCCCCOCC(COP(=O)(O)OCC(O)CO)OC(=O)CCCCCCCCC. The van der Waals surface area contributed by atoms with Crippen molar-refractivity contribution in [1.82, 2.24) is 0 Å². The third-order valence-electron chi connectivity index (χ3n) is 7.95. The maximum Gasteiger partial charge on any atom is 0.472 e. The fraction of sp³-hybridized carbons (Fsp3) is 0.917. The molecule has 0 amide bonds. The van der Waals surface area contributed by atoms with Crippen LogP contribution in [-0.2, 0) is 27.9 Å². The first-order chi connectivity index (χ1) is 22.3. The van der Waals surface area contributed by atoms with Crippen molar-refractivity contribution in [2.75, 3.05) is 33.0 Å². The van der Waals surface area contributed by atoms with Crippen molar-refractivity contribution >= 4 is 13.8 Å². The van der Waals surface area contributed by atoms with E-state index in [1.165, 1.54) is 109 Å². The van der Waals surface area contributed by atoms with Crippen LogP contribution in [0.4, 0.5) is 0 Å². The lowest BCUT2D eigenvalue weighted by Gasteiger charge is -2.20. The van der Waals surface area contributed by atoms with E-state index in [1.54, 1.807) is 0 Å². The molecule has 0 aromatic rings. The van der Waals surface area contributed by atoms with Crippen molar-refractivity contribution in [1.29, 1.82) is 0 Å². The first-order valence-corrected chi connectivity index (χ1v) is 20.2. The van der Waals surface area contributed by atoms with E-state index in [9.17, 15) is 19.4 Å². The average molecular weight is 679 g/mol. The van der Waals surface area contributed by atoms with Crippen LogP contribution in [0, 0.1) is 0 Å². The van der Waals surface area contributed by atoms with Gasteiger partial charge in [-0.05, 0) is 38.5 Å². The molecule has 0 rings (SSSR count). The highest BCUT2D eigenvalue weighted by Crippen LogP contribution is 2.43. The van der Waals surface area contributed by atoms with Crippen molar-refractivity contribution < 1.29 is 43.0 Å². The van der Waals surface area contributed by atoms with Crippen LogP contribution in [0.2, 0.25) is 0 Å². The van der Waals surface area contributed by atoms with E-state index < -0.39 is 33.2 Å². The Morgan fingerprint density at radius 2 is 1.11 bits per heavy atom. The van der Waals surface area contributed by atoms with Gasteiger partial charge in [0.1, 0.15) is 12.2 Å². The van der Waals surface area contributed by atoms with E-state index in [1.807, 2.05) is 0 Å². The number of unbranched alkanes of at least 4 members (excludes halogenated alkanes) is 20. The Kier molecular flexibility index (Phi) is 33.5. The molecule has 3 unspecified atom stereocenters. The highest BCUT2D eigenvalue weighted by molar-refractivity contribution is 7.47. The molecule has 0 spiro atoms. The van der Waals surface area contributed by atoms with Crippen molar-refractivity contribution in [2.24, 2.45) is 0 Å². The van der Waals surface area contributed by atoms with Crippen molar-refractivity contribution in [2.45, 2.75) is 180 Å². The monoisotopic (exact) mass is 678 g/mol. The van der Waals surface area contributed by atoms with E-state index in [2.05, 4.69) is 26.0 Å². The number of carbonyl (C=O) groups is 1. The molecule has 0 bridgehead atoms. The van der Waals surface area contributed by atoms with Gasteiger partial charge < -0.3 is 24.6 Å². The van der Waals surface area contributed by atoms with Crippen LogP contribution in [0.25, 0.3) is 0 Å². The molecule has 3 N–H and O–H groups in total. The molecule has 0 fully saturated rings. The smallest absolute Gasteiger partial charge is 0.457 e. The van der Waals surface area contributed by atoms with E-state index in [0.717, 1.165) is 38.5 Å². The van der Waals surface area contributed by atoms with Gasteiger partial charge in [-0.2, -0.15) is 0 Å². The van der Waals surface area contributed by atoms with Gasteiger partial charge in [-0.1, -0.05) is 135 Å². The highest BCUT2D eigenvalue weighted by atomic mass is 31.2. The minimum absolute atomic E-state index is 0.0510. The predicted molar refractivity (Wildman–Crippen MR) is 187 cm³/mol. The summed E-state index contributed by atoms with van der Waals surface area (Å²) in [5.74, 6) is -0.390. The quantitative estimate of drug-likeness (QED) is 0.0257. The van der Waals surface area contributed by atoms with E-state index >= 15 is 0 Å². The van der Waals surface area contributed by atoms with Crippen molar-refractivity contribution in [3.63, 3.8) is 0 Å². The van der Waals surface area contributed by atoms with Gasteiger partial charge in [-0.3, -0.25) is 13.8 Å². The lowest BCUT2D eigenvalue weighted by Crippen LogP contribution is -2.29. The van der Waals surface area contributed by atoms with Crippen LogP contribution in [0.15, 0.2) is 12.2 Å². The van der Waals surface area contributed by atoms with Crippen LogP contribution >= 0.6 is 7.82 Å². The fourth-order valence-electron chi connectivity index (χ4n) is 5.05. The zero-order valence-corrected chi connectivity index (χ0v) is 30.4. The molecule has 0 aliphatic heterocycles. The molecule has 0 saturated carbocycles. The normalized spacial score (nSPS) is 14.5. The zero-order valence-electron chi connectivity index (χ0n) is 29.6. The molecule has 0 heterocycles. The molecule has 0 aliphatic carbocycles. The summed E-state index contributed by atoms with van der Waals surface area (Å²) in [6, 6.07) is 0. The number of phosphoric acid groups is 1. The van der Waals surface area contributed by atoms with Crippen LogP contribution in [0.1, 0.15) is 168 Å². The number of esters is 1. The largest absolute Gasteiger partial charge is 0.472 e. The van der Waals surface area contributed by atoms with E-state index in [4.69, 9.17) is 23.6 Å². The number of hydrogen-bond acceptors (Lipinski definition) is 8. The number of hydrogen-bond donors (Lipinski definition) is 3. The summed E-state index contributed by atoms with van der Waals surface area (Å²) in [5.41, 5.74) is 0. The van der Waals surface area contributed by atoms with Gasteiger partial charge in [0.25, 0.3) is 0 Å². The van der Waals surface area contributed by atoms with Crippen LogP contribution in [0.5, 0.6) is 0 Å². The summed E-state index contributed by atoms with van der Waals surface area (Å²) in [7, 11) is -4.50. The molecule has 10 heteroatoms. The minimum atomic E-state index is -4.50. The summed E-state index contributed by atoms with van der Waals surface area (Å²) in [6.07, 6.45) is 30.5. The molecule has 0 aliphatic rings. The van der Waals surface area contributed by atoms with E-state index in [-0.39, 0.29) is 25.6 Å². The van der Waals surface area contributed by atoms with Gasteiger partial charge in [0.2, 0.25) is 0 Å². The molecule has 46 heavy (non-hydrogen) atoms. The maximum atomic E-state index is 12.4.